The summed E-state index contributed by atoms with van der Waals surface area (Å²) in [4.78, 5) is 0. The second-order valence-electron chi connectivity index (χ2n) is 9.37. The lowest BCUT2D eigenvalue weighted by Crippen LogP contribution is -2.46. The van der Waals surface area contributed by atoms with Crippen molar-refractivity contribution >= 4 is 17.0 Å². The van der Waals surface area contributed by atoms with Crippen molar-refractivity contribution in [3.8, 4) is 0 Å². The average molecular weight is 407 g/mol. The molecule has 30 heavy (non-hydrogen) atoms. The molecule has 1 aliphatic heterocycles. The number of hydrogen-bond acceptors (Lipinski definition) is 2. The fraction of sp³-hybridized carbons (Fsp3) is 0.444. The Morgan fingerprint density at radius 2 is 1.87 bits per heavy atom. The van der Waals surface area contributed by atoms with Gasteiger partial charge in [-0.05, 0) is 52.0 Å². The van der Waals surface area contributed by atoms with Crippen LogP contribution in [0.1, 0.15) is 63.6 Å². The predicted molar refractivity (Wildman–Crippen MR) is 127 cm³/mol. The SMILES string of the molecule is CC/C=C\[N+]1=Cc2cc(C(C)(C)C)c3ccccc3c2C(CO)C1(C)/C=C/COC. The molecule has 0 radical (unpaired) electrons. The second-order valence-corrected chi connectivity index (χ2v) is 9.37. The fourth-order valence-corrected chi connectivity index (χ4v) is 4.58. The van der Waals surface area contributed by atoms with Crippen LogP contribution < -0.4 is 0 Å². The molecule has 2 atom stereocenters. The van der Waals surface area contributed by atoms with Crippen molar-refractivity contribution in [1.29, 1.82) is 0 Å². The molecule has 0 amide bonds. The Labute approximate surface area is 181 Å². The molecule has 3 rings (SSSR count). The van der Waals surface area contributed by atoms with Crippen LogP contribution in [-0.4, -0.2) is 41.8 Å². The van der Waals surface area contributed by atoms with E-state index < -0.39 is 5.54 Å². The Morgan fingerprint density at radius 1 is 1.17 bits per heavy atom. The van der Waals surface area contributed by atoms with E-state index in [9.17, 15) is 5.11 Å². The first-order chi connectivity index (χ1) is 14.3. The molecule has 1 aliphatic rings. The molecule has 0 fully saturated rings. The third-order valence-corrected chi connectivity index (χ3v) is 6.22. The zero-order valence-corrected chi connectivity index (χ0v) is 19.3. The van der Waals surface area contributed by atoms with Crippen molar-refractivity contribution in [2.45, 2.75) is 57.9 Å². The molecule has 2 unspecified atom stereocenters. The summed E-state index contributed by atoms with van der Waals surface area (Å²) in [7, 11) is 1.70. The third-order valence-electron chi connectivity index (χ3n) is 6.22. The Bertz CT molecular complexity index is 994. The summed E-state index contributed by atoms with van der Waals surface area (Å²) in [5.74, 6) is -0.0639. The number of benzene rings is 2. The van der Waals surface area contributed by atoms with Gasteiger partial charge >= 0.3 is 0 Å². The van der Waals surface area contributed by atoms with E-state index in [2.05, 4.69) is 100 Å². The predicted octanol–water partition coefficient (Wildman–Crippen LogP) is 5.54. The van der Waals surface area contributed by atoms with Gasteiger partial charge in [0.15, 0.2) is 18.0 Å². The minimum absolute atomic E-state index is 0.0282. The highest BCUT2D eigenvalue weighted by atomic mass is 16.5. The highest BCUT2D eigenvalue weighted by Crippen LogP contribution is 2.43. The number of aliphatic hydroxyl groups is 1. The standard InChI is InChI=1S/C27H36NO2/c1-7-8-15-28-18-20-17-23(26(2,3)4)21-12-9-10-13-22(21)25(20)24(19-29)27(28,5)14-11-16-30-6/h8-15,17-18,24,29H,7,16,19H2,1-6H3/q+1/b14-11+,15-8-. The van der Waals surface area contributed by atoms with Gasteiger partial charge in [0, 0.05) is 19.6 Å². The quantitative estimate of drug-likeness (QED) is 0.504. The Hall–Kier alpha value is -2.23. The number of allylic oxidation sites excluding steroid dienone is 1. The molecule has 2 aromatic rings. The lowest BCUT2D eigenvalue weighted by Gasteiger charge is -2.36. The fourth-order valence-electron chi connectivity index (χ4n) is 4.58. The van der Waals surface area contributed by atoms with Gasteiger partial charge in [-0.3, -0.25) is 0 Å². The third kappa shape index (κ3) is 4.01. The molecule has 3 heteroatoms. The summed E-state index contributed by atoms with van der Waals surface area (Å²) in [5.41, 5.74) is 3.39. The number of methoxy groups -OCH3 is 1. The lowest BCUT2D eigenvalue weighted by atomic mass is 9.72. The van der Waals surface area contributed by atoms with Gasteiger partial charge in [-0.2, -0.15) is 4.58 Å². The van der Waals surface area contributed by atoms with Crippen LogP contribution in [-0.2, 0) is 10.2 Å². The van der Waals surface area contributed by atoms with Gasteiger partial charge in [0.2, 0.25) is 0 Å². The molecule has 1 N–H and O–H groups in total. The average Bonchev–Trinajstić information content (AvgIpc) is 2.71. The number of nitrogens with zero attached hydrogens (tertiary/aromatic N) is 1. The zero-order valence-electron chi connectivity index (χ0n) is 19.3. The number of hydrogen-bond donors (Lipinski definition) is 1. The van der Waals surface area contributed by atoms with E-state index in [1.54, 1.807) is 7.11 Å². The van der Waals surface area contributed by atoms with E-state index in [0.29, 0.717) is 6.61 Å². The molecule has 1 heterocycles. The number of ether oxygens (including phenoxy) is 1. The van der Waals surface area contributed by atoms with Crippen LogP contribution in [0.15, 0.2) is 54.8 Å². The summed E-state index contributed by atoms with van der Waals surface area (Å²) in [6.07, 6.45) is 11.8. The van der Waals surface area contributed by atoms with Gasteiger partial charge in [0.1, 0.15) is 0 Å². The normalized spacial score (nSPS) is 22.1. The van der Waals surface area contributed by atoms with E-state index in [-0.39, 0.29) is 17.9 Å². The highest BCUT2D eigenvalue weighted by Gasteiger charge is 2.47. The first kappa shape index (κ1) is 22.5. The van der Waals surface area contributed by atoms with Gasteiger partial charge in [0.05, 0.1) is 19.1 Å². The van der Waals surface area contributed by atoms with E-state index in [1.807, 2.05) is 0 Å². The topological polar surface area (TPSA) is 32.5 Å². The second kappa shape index (κ2) is 8.87. The molecule has 0 saturated heterocycles. The summed E-state index contributed by atoms with van der Waals surface area (Å²) < 4.78 is 7.52. The van der Waals surface area contributed by atoms with Crippen molar-refractivity contribution in [1.82, 2.24) is 0 Å². The molecule has 0 aliphatic carbocycles. The molecule has 0 spiro atoms. The molecule has 0 aromatic heterocycles. The van der Waals surface area contributed by atoms with Crippen LogP contribution in [0.25, 0.3) is 10.8 Å². The van der Waals surface area contributed by atoms with Crippen molar-refractivity contribution < 1.29 is 14.4 Å². The Morgan fingerprint density at radius 3 is 2.47 bits per heavy atom. The Balaban J connectivity index is 2.37. The smallest absolute Gasteiger partial charge is 0.192 e. The summed E-state index contributed by atoms with van der Waals surface area (Å²) in [5, 5.41) is 13.1. The van der Waals surface area contributed by atoms with Crippen LogP contribution in [0.4, 0.5) is 0 Å². The number of aliphatic hydroxyl groups excluding tert-OH is 1. The molecule has 0 bridgehead atoms. The van der Waals surface area contributed by atoms with Crippen LogP contribution in [0.2, 0.25) is 0 Å². The van der Waals surface area contributed by atoms with Crippen molar-refractivity contribution in [3.05, 3.63) is 71.5 Å². The zero-order chi connectivity index (χ0) is 21.9. The minimum atomic E-state index is -0.391. The molecular weight excluding hydrogens is 370 g/mol. The number of rotatable bonds is 6. The first-order valence-electron chi connectivity index (χ1n) is 10.9. The van der Waals surface area contributed by atoms with Crippen LogP contribution in [0.3, 0.4) is 0 Å². The van der Waals surface area contributed by atoms with E-state index in [0.717, 1.165) is 6.42 Å². The number of fused-ring (bicyclic) bond motifs is 3. The van der Waals surface area contributed by atoms with Gasteiger partial charge in [0.25, 0.3) is 0 Å². The molecule has 0 saturated carbocycles. The maximum absolute atomic E-state index is 10.6. The maximum atomic E-state index is 10.6. The van der Waals surface area contributed by atoms with Crippen molar-refractivity contribution in [2.24, 2.45) is 0 Å². The van der Waals surface area contributed by atoms with Gasteiger partial charge in [-0.1, -0.05) is 58.0 Å². The van der Waals surface area contributed by atoms with Crippen molar-refractivity contribution in [3.63, 3.8) is 0 Å². The first-order valence-corrected chi connectivity index (χ1v) is 10.9. The molecule has 2 aromatic carbocycles. The monoisotopic (exact) mass is 406 g/mol. The van der Waals surface area contributed by atoms with Crippen LogP contribution >= 0.6 is 0 Å². The minimum Gasteiger partial charge on any atom is -0.395 e. The van der Waals surface area contributed by atoms with E-state index >= 15 is 0 Å². The molecular formula is C27H36NO2+. The van der Waals surface area contributed by atoms with Crippen LogP contribution in [0, 0.1) is 0 Å². The van der Waals surface area contributed by atoms with Crippen molar-refractivity contribution in [2.75, 3.05) is 20.3 Å². The molecule has 160 valence electrons. The molecule has 3 nitrogen and oxygen atoms in total. The van der Waals surface area contributed by atoms with Gasteiger partial charge in [-0.15, -0.1) is 0 Å². The highest BCUT2D eigenvalue weighted by molar-refractivity contribution is 5.97. The van der Waals surface area contributed by atoms with E-state index in [4.69, 9.17) is 4.74 Å². The summed E-state index contributed by atoms with van der Waals surface area (Å²) in [6, 6.07) is 11.0. The maximum Gasteiger partial charge on any atom is 0.192 e. The summed E-state index contributed by atoms with van der Waals surface area (Å²) in [6.45, 7) is 11.8. The van der Waals surface area contributed by atoms with Gasteiger partial charge < -0.3 is 9.84 Å². The van der Waals surface area contributed by atoms with Gasteiger partial charge in [-0.25, -0.2) is 0 Å². The Kier molecular flexibility index (Phi) is 6.64. The van der Waals surface area contributed by atoms with Crippen LogP contribution in [0.5, 0.6) is 0 Å². The summed E-state index contributed by atoms with van der Waals surface area (Å²) >= 11 is 0. The largest absolute Gasteiger partial charge is 0.395 e. The van der Waals surface area contributed by atoms with E-state index in [1.165, 1.54) is 27.5 Å². The lowest BCUT2D eigenvalue weighted by molar-refractivity contribution is -0.532.